The smallest absolute Gasteiger partial charge is 0.303 e. The van der Waals surface area contributed by atoms with Crippen LogP contribution in [-0.4, -0.2) is 36.5 Å². The second-order valence-electron chi connectivity index (χ2n) is 7.76. The number of carboxylic acids is 1. The Morgan fingerprint density at radius 3 is 2.74 bits per heavy atom. The third-order valence-corrected chi connectivity index (χ3v) is 5.68. The van der Waals surface area contributed by atoms with Crippen LogP contribution in [-0.2, 0) is 14.3 Å². The highest BCUT2D eigenvalue weighted by Gasteiger charge is 2.47. The Hall–Kier alpha value is -1.31. The molecule has 0 aromatic carbocycles. The lowest BCUT2D eigenvalue weighted by Crippen LogP contribution is -2.26. The summed E-state index contributed by atoms with van der Waals surface area (Å²) in [5.41, 5.74) is 0. The fourth-order valence-corrected chi connectivity index (χ4v) is 4.31. The number of aliphatic carboxylic acids is 1. The number of rotatable bonds is 13. The average molecular weight is 377 g/mol. The number of ether oxygens (including phenoxy) is 2. The lowest BCUT2D eigenvalue weighted by Gasteiger charge is -2.27. The Morgan fingerprint density at radius 1 is 1.15 bits per heavy atom. The summed E-state index contributed by atoms with van der Waals surface area (Å²) in [5.74, 6) is 6.77. The van der Waals surface area contributed by atoms with Crippen molar-refractivity contribution in [3.63, 3.8) is 0 Å². The summed E-state index contributed by atoms with van der Waals surface area (Å²) in [6, 6.07) is 0. The van der Waals surface area contributed by atoms with Crippen LogP contribution in [0.1, 0.15) is 77.6 Å². The first-order chi connectivity index (χ1) is 13.2. The second-order valence-corrected chi connectivity index (χ2v) is 7.76. The lowest BCUT2D eigenvalue weighted by molar-refractivity contribution is -0.137. The molecule has 0 aromatic heterocycles. The number of carbonyl (C=O) groups is 1. The van der Waals surface area contributed by atoms with Gasteiger partial charge in [-0.1, -0.05) is 31.4 Å². The summed E-state index contributed by atoms with van der Waals surface area (Å²) >= 11 is 0. The van der Waals surface area contributed by atoms with E-state index in [1.807, 2.05) is 0 Å². The van der Waals surface area contributed by atoms with E-state index < -0.39 is 5.97 Å². The van der Waals surface area contributed by atoms with Gasteiger partial charge < -0.3 is 14.6 Å². The summed E-state index contributed by atoms with van der Waals surface area (Å²) in [5, 5.41) is 8.68. The zero-order chi connectivity index (χ0) is 19.3. The van der Waals surface area contributed by atoms with E-state index >= 15 is 0 Å². The molecule has 1 N–H and O–H groups in total. The minimum Gasteiger partial charge on any atom is -0.481 e. The predicted molar refractivity (Wildman–Crippen MR) is 107 cm³/mol. The highest BCUT2D eigenvalue weighted by Crippen LogP contribution is 2.47. The molecule has 2 fully saturated rings. The molecule has 0 spiro atoms. The van der Waals surface area contributed by atoms with Crippen molar-refractivity contribution >= 4 is 5.97 Å². The largest absolute Gasteiger partial charge is 0.481 e. The summed E-state index contributed by atoms with van der Waals surface area (Å²) in [4.78, 5) is 10.5. The van der Waals surface area contributed by atoms with Gasteiger partial charge in [0.15, 0.2) is 0 Å². The second kappa shape index (κ2) is 13.0. The molecule has 0 amide bonds. The molecule has 2 saturated heterocycles. The van der Waals surface area contributed by atoms with E-state index in [1.165, 1.54) is 25.7 Å². The highest BCUT2D eigenvalue weighted by atomic mass is 16.5. The number of hydrogen-bond acceptors (Lipinski definition) is 3. The molecular weight excluding hydrogens is 340 g/mol. The number of fused-ring (bicyclic) bond motifs is 2. The van der Waals surface area contributed by atoms with Gasteiger partial charge in [0, 0.05) is 19.4 Å². The standard InChI is InChI=1S/C23H36O4/c1-2-3-4-10-17-26-18-11-9-13-20-19(21-15-16-22(20)27-21)12-7-5-6-8-14-23(24)25/h5,7,19-22H,2-3,6,8-9,11-18H2,1H3,(H,24,25)/t19-,20+,21-,22+/m0/s1. The third-order valence-electron chi connectivity index (χ3n) is 5.68. The maximum Gasteiger partial charge on any atom is 0.303 e. The monoisotopic (exact) mass is 376 g/mol. The summed E-state index contributed by atoms with van der Waals surface area (Å²) in [6.45, 7) is 3.50. The van der Waals surface area contributed by atoms with Gasteiger partial charge in [-0.3, -0.25) is 4.79 Å². The van der Waals surface area contributed by atoms with Crippen molar-refractivity contribution in [2.45, 2.75) is 89.8 Å². The van der Waals surface area contributed by atoms with Crippen molar-refractivity contribution in [3.8, 4) is 11.8 Å². The van der Waals surface area contributed by atoms with Gasteiger partial charge in [0.05, 0.1) is 12.2 Å². The van der Waals surface area contributed by atoms with E-state index in [9.17, 15) is 4.79 Å². The molecule has 0 saturated carbocycles. The molecule has 2 aliphatic heterocycles. The lowest BCUT2D eigenvalue weighted by atomic mass is 9.75. The first-order valence-electron chi connectivity index (χ1n) is 10.8. The molecule has 0 aromatic rings. The molecule has 27 heavy (non-hydrogen) atoms. The minimum absolute atomic E-state index is 0.260. The van der Waals surface area contributed by atoms with Crippen molar-refractivity contribution in [1.29, 1.82) is 0 Å². The van der Waals surface area contributed by atoms with Crippen LogP contribution in [0.5, 0.6) is 0 Å². The van der Waals surface area contributed by atoms with Crippen molar-refractivity contribution in [1.82, 2.24) is 0 Å². The SMILES string of the molecule is CCCC#CCOCCCC[C@@H]1[C@H](CC=CCCCC(=O)O)[C@@H]2CC[C@H]1O2. The molecule has 2 rings (SSSR count). The zero-order valence-electron chi connectivity index (χ0n) is 16.8. The van der Waals surface area contributed by atoms with E-state index in [4.69, 9.17) is 14.6 Å². The van der Waals surface area contributed by atoms with Gasteiger partial charge in [0.2, 0.25) is 0 Å². The fraction of sp³-hybridized carbons (Fsp3) is 0.783. The van der Waals surface area contributed by atoms with Crippen LogP contribution in [0.2, 0.25) is 0 Å². The van der Waals surface area contributed by atoms with Crippen LogP contribution in [0, 0.1) is 23.7 Å². The molecule has 0 unspecified atom stereocenters. The van der Waals surface area contributed by atoms with Crippen molar-refractivity contribution < 1.29 is 19.4 Å². The quantitative estimate of drug-likeness (QED) is 0.280. The maximum absolute atomic E-state index is 10.5. The summed E-state index contributed by atoms with van der Waals surface area (Å²) < 4.78 is 11.8. The van der Waals surface area contributed by atoms with Gasteiger partial charge in [-0.2, -0.15) is 0 Å². The molecule has 2 heterocycles. The van der Waals surface area contributed by atoms with Crippen LogP contribution < -0.4 is 0 Å². The van der Waals surface area contributed by atoms with Crippen molar-refractivity contribution in [2.24, 2.45) is 11.8 Å². The van der Waals surface area contributed by atoms with E-state index in [0.717, 1.165) is 45.1 Å². The topological polar surface area (TPSA) is 55.8 Å². The van der Waals surface area contributed by atoms with E-state index in [0.29, 0.717) is 30.7 Å². The Labute approximate surface area is 164 Å². The van der Waals surface area contributed by atoms with Crippen LogP contribution in [0.3, 0.4) is 0 Å². The molecule has 0 aliphatic carbocycles. The molecule has 2 aliphatic rings. The maximum atomic E-state index is 10.5. The molecule has 152 valence electrons. The van der Waals surface area contributed by atoms with Crippen LogP contribution >= 0.6 is 0 Å². The Balaban J connectivity index is 1.60. The number of unbranched alkanes of at least 4 members (excludes halogenated alkanes) is 3. The average Bonchev–Trinajstić information content (AvgIpc) is 3.25. The molecule has 4 heteroatoms. The van der Waals surface area contributed by atoms with E-state index in [1.54, 1.807) is 0 Å². The molecular formula is C23H36O4. The molecule has 4 atom stereocenters. The highest BCUT2D eigenvalue weighted by molar-refractivity contribution is 5.66. The molecule has 4 nitrogen and oxygen atoms in total. The van der Waals surface area contributed by atoms with Gasteiger partial charge in [-0.05, 0) is 63.2 Å². The zero-order valence-corrected chi connectivity index (χ0v) is 16.8. The first-order valence-corrected chi connectivity index (χ1v) is 10.8. The molecule has 2 bridgehead atoms. The van der Waals surface area contributed by atoms with Crippen LogP contribution in [0.25, 0.3) is 0 Å². The van der Waals surface area contributed by atoms with Crippen LogP contribution in [0.15, 0.2) is 12.2 Å². The van der Waals surface area contributed by atoms with Crippen molar-refractivity contribution in [3.05, 3.63) is 12.2 Å². The first kappa shape index (κ1) is 22.0. The number of hydrogen-bond donors (Lipinski definition) is 1. The van der Waals surface area contributed by atoms with Crippen molar-refractivity contribution in [2.75, 3.05) is 13.2 Å². The van der Waals surface area contributed by atoms with Gasteiger partial charge in [0.1, 0.15) is 6.61 Å². The Morgan fingerprint density at radius 2 is 1.96 bits per heavy atom. The normalized spacial score (nSPS) is 26.4. The summed E-state index contributed by atoms with van der Waals surface area (Å²) in [7, 11) is 0. The Bertz CT molecular complexity index is 516. The van der Waals surface area contributed by atoms with Gasteiger partial charge >= 0.3 is 5.97 Å². The minimum atomic E-state index is -0.707. The number of allylic oxidation sites excluding steroid dienone is 2. The predicted octanol–water partition coefficient (Wildman–Crippen LogP) is 4.97. The van der Waals surface area contributed by atoms with Gasteiger partial charge in [-0.25, -0.2) is 0 Å². The van der Waals surface area contributed by atoms with E-state index in [2.05, 4.69) is 30.9 Å². The fourth-order valence-electron chi connectivity index (χ4n) is 4.31. The van der Waals surface area contributed by atoms with Crippen LogP contribution in [0.4, 0.5) is 0 Å². The molecule has 0 radical (unpaired) electrons. The third kappa shape index (κ3) is 8.07. The van der Waals surface area contributed by atoms with E-state index in [-0.39, 0.29) is 6.42 Å². The Kier molecular flexibility index (Phi) is 10.6. The summed E-state index contributed by atoms with van der Waals surface area (Å²) in [6.07, 6.45) is 16.2. The van der Waals surface area contributed by atoms with Gasteiger partial charge in [0.25, 0.3) is 0 Å². The van der Waals surface area contributed by atoms with Gasteiger partial charge in [-0.15, -0.1) is 5.92 Å². The number of carboxylic acid groups (broad SMARTS) is 1.